The van der Waals surface area contributed by atoms with Crippen LogP contribution in [0.5, 0.6) is 0 Å². The smallest absolute Gasteiger partial charge is 0.307 e. The van der Waals surface area contributed by atoms with Crippen LogP contribution in [0, 0.1) is 25.7 Å². The third kappa shape index (κ3) is 3.72. The number of nitrogens with zero attached hydrogens (tertiary/aromatic N) is 3. The molecule has 1 aliphatic carbocycles. The first-order chi connectivity index (χ1) is 11.4. The number of carbonyl (C=O) groups is 2. The molecule has 0 saturated heterocycles. The van der Waals surface area contributed by atoms with Gasteiger partial charge in [-0.15, -0.1) is 0 Å². The lowest BCUT2D eigenvalue weighted by Crippen LogP contribution is -2.28. The van der Waals surface area contributed by atoms with Crippen LogP contribution in [0.1, 0.15) is 36.8 Å². The Morgan fingerprint density at radius 2 is 2.12 bits per heavy atom. The lowest BCUT2D eigenvalue weighted by molar-refractivity contribution is -0.145. The highest BCUT2D eigenvalue weighted by Gasteiger charge is 2.38. The molecule has 2 aromatic rings. The molecule has 1 amide bonds. The molecule has 0 bridgehead atoms. The van der Waals surface area contributed by atoms with Crippen LogP contribution in [0.4, 0.5) is 0 Å². The highest BCUT2D eigenvalue weighted by atomic mass is 16.5. The van der Waals surface area contributed by atoms with Gasteiger partial charge in [0.25, 0.3) is 0 Å². The predicted octanol–water partition coefficient (Wildman–Crippen LogP) is 1.55. The van der Waals surface area contributed by atoms with Crippen molar-refractivity contribution in [3.63, 3.8) is 0 Å². The number of aryl methyl sites for hydroxylation is 2. The second-order valence-electron chi connectivity index (χ2n) is 6.46. The standard InChI is InChI=1S/C17H22N4O3/c1-10-6-14(10)16(23)18-5-4-15(22)24-9-13-8-21-12(3)7-11(2)19-17(21)20-13/h7-8,10,14H,4-6,9H2,1-3H3,(H,18,23)/t10-,14+/m1/s1. The summed E-state index contributed by atoms with van der Waals surface area (Å²) in [7, 11) is 0. The summed E-state index contributed by atoms with van der Waals surface area (Å²) >= 11 is 0. The second-order valence-corrected chi connectivity index (χ2v) is 6.46. The van der Waals surface area contributed by atoms with Crippen LogP contribution in [0.25, 0.3) is 5.78 Å². The van der Waals surface area contributed by atoms with E-state index >= 15 is 0 Å². The van der Waals surface area contributed by atoms with Crippen LogP contribution in [-0.2, 0) is 20.9 Å². The van der Waals surface area contributed by atoms with Crippen LogP contribution < -0.4 is 5.32 Å². The van der Waals surface area contributed by atoms with Crippen molar-refractivity contribution in [2.45, 2.75) is 40.2 Å². The molecule has 0 spiro atoms. The minimum Gasteiger partial charge on any atom is -0.459 e. The Morgan fingerprint density at radius 3 is 2.83 bits per heavy atom. The molecule has 1 fully saturated rings. The number of carbonyl (C=O) groups excluding carboxylic acids is 2. The second kappa shape index (κ2) is 6.59. The lowest BCUT2D eigenvalue weighted by Gasteiger charge is -2.05. The van der Waals surface area contributed by atoms with Crippen LogP contribution in [0.3, 0.4) is 0 Å². The number of nitrogens with one attached hydrogen (secondary N) is 1. The number of aromatic nitrogens is 3. The fraction of sp³-hybridized carbons (Fsp3) is 0.529. The summed E-state index contributed by atoms with van der Waals surface area (Å²) in [5, 5.41) is 2.77. The van der Waals surface area contributed by atoms with E-state index in [1.54, 1.807) is 0 Å². The molecule has 1 aliphatic rings. The van der Waals surface area contributed by atoms with Gasteiger partial charge >= 0.3 is 5.97 Å². The monoisotopic (exact) mass is 330 g/mol. The third-order valence-electron chi connectivity index (χ3n) is 4.27. The lowest BCUT2D eigenvalue weighted by atomic mass is 10.3. The summed E-state index contributed by atoms with van der Waals surface area (Å²) in [6, 6.07) is 1.97. The first kappa shape index (κ1) is 16.4. The number of hydrogen-bond acceptors (Lipinski definition) is 5. The Hall–Kier alpha value is -2.44. The third-order valence-corrected chi connectivity index (χ3v) is 4.27. The van der Waals surface area contributed by atoms with Gasteiger partial charge in [0.15, 0.2) is 0 Å². The van der Waals surface area contributed by atoms with Gasteiger partial charge in [-0.1, -0.05) is 6.92 Å². The summed E-state index contributed by atoms with van der Waals surface area (Å²) < 4.78 is 7.08. The number of imidazole rings is 1. The van der Waals surface area contributed by atoms with E-state index in [0.29, 0.717) is 23.9 Å². The topological polar surface area (TPSA) is 85.6 Å². The van der Waals surface area contributed by atoms with E-state index < -0.39 is 0 Å². The van der Waals surface area contributed by atoms with Gasteiger partial charge in [0.05, 0.1) is 12.1 Å². The summed E-state index contributed by atoms with van der Waals surface area (Å²) in [5.74, 6) is 0.875. The molecule has 0 radical (unpaired) electrons. The van der Waals surface area contributed by atoms with Crippen molar-refractivity contribution in [2.24, 2.45) is 11.8 Å². The minimum atomic E-state index is -0.350. The van der Waals surface area contributed by atoms with E-state index in [1.807, 2.05) is 37.4 Å². The summed E-state index contributed by atoms with van der Waals surface area (Å²) in [6.45, 7) is 6.35. The molecule has 1 N–H and O–H groups in total. The summed E-state index contributed by atoms with van der Waals surface area (Å²) in [4.78, 5) is 32.1. The van der Waals surface area contributed by atoms with Crippen molar-refractivity contribution < 1.29 is 14.3 Å². The van der Waals surface area contributed by atoms with E-state index in [1.165, 1.54) is 0 Å². The molecule has 1 saturated carbocycles. The highest BCUT2D eigenvalue weighted by molar-refractivity contribution is 5.81. The molecule has 0 aromatic carbocycles. The van der Waals surface area contributed by atoms with Crippen molar-refractivity contribution in [3.05, 3.63) is 29.3 Å². The van der Waals surface area contributed by atoms with Crippen molar-refractivity contribution in [3.8, 4) is 0 Å². The van der Waals surface area contributed by atoms with E-state index in [-0.39, 0.29) is 30.8 Å². The number of ether oxygens (including phenoxy) is 1. The quantitative estimate of drug-likeness (QED) is 0.812. The Morgan fingerprint density at radius 1 is 1.38 bits per heavy atom. The molecule has 2 atom stereocenters. The highest BCUT2D eigenvalue weighted by Crippen LogP contribution is 2.37. The first-order valence-corrected chi connectivity index (χ1v) is 8.19. The Bertz CT molecular complexity index is 783. The fourth-order valence-corrected chi connectivity index (χ4v) is 2.72. The van der Waals surface area contributed by atoms with Crippen molar-refractivity contribution in [2.75, 3.05) is 6.54 Å². The van der Waals surface area contributed by atoms with Gasteiger partial charge in [0.2, 0.25) is 11.7 Å². The molecule has 3 rings (SSSR count). The van der Waals surface area contributed by atoms with E-state index in [9.17, 15) is 9.59 Å². The molecular formula is C17H22N4O3. The summed E-state index contributed by atoms with van der Waals surface area (Å²) in [5.41, 5.74) is 2.58. The van der Waals surface area contributed by atoms with Crippen molar-refractivity contribution in [1.82, 2.24) is 19.7 Å². The van der Waals surface area contributed by atoms with Crippen molar-refractivity contribution in [1.29, 1.82) is 0 Å². The predicted molar refractivity (Wildman–Crippen MR) is 87.2 cm³/mol. The van der Waals surface area contributed by atoms with Crippen LogP contribution in [-0.4, -0.2) is 32.8 Å². The Labute approximate surface area is 140 Å². The molecular weight excluding hydrogens is 308 g/mol. The average molecular weight is 330 g/mol. The van der Waals surface area contributed by atoms with Gasteiger partial charge < -0.3 is 10.1 Å². The van der Waals surface area contributed by atoms with E-state index in [0.717, 1.165) is 17.8 Å². The Kier molecular flexibility index (Phi) is 4.51. The minimum absolute atomic E-state index is 0.0348. The maximum Gasteiger partial charge on any atom is 0.307 e. The number of amides is 1. The average Bonchev–Trinajstić information content (AvgIpc) is 3.10. The molecule has 7 heteroatoms. The van der Waals surface area contributed by atoms with Crippen LogP contribution in [0.2, 0.25) is 0 Å². The molecule has 2 heterocycles. The summed E-state index contributed by atoms with van der Waals surface area (Å²) in [6.07, 6.45) is 2.92. The van der Waals surface area contributed by atoms with Gasteiger partial charge in [0, 0.05) is 30.0 Å². The van der Waals surface area contributed by atoms with E-state index in [4.69, 9.17) is 4.74 Å². The zero-order valence-electron chi connectivity index (χ0n) is 14.2. The zero-order valence-corrected chi connectivity index (χ0v) is 14.2. The maximum atomic E-state index is 11.8. The largest absolute Gasteiger partial charge is 0.459 e. The zero-order chi connectivity index (χ0) is 17.3. The van der Waals surface area contributed by atoms with Gasteiger partial charge in [-0.25, -0.2) is 9.97 Å². The SMILES string of the molecule is Cc1cc(C)n2cc(COC(=O)CCNC(=O)[C@H]3C[C@H]3C)nc2n1. The fourth-order valence-electron chi connectivity index (χ4n) is 2.72. The van der Waals surface area contributed by atoms with Gasteiger partial charge in [-0.3, -0.25) is 14.0 Å². The van der Waals surface area contributed by atoms with E-state index in [2.05, 4.69) is 15.3 Å². The molecule has 0 unspecified atom stereocenters. The number of esters is 1. The number of rotatable bonds is 6. The molecule has 2 aromatic heterocycles. The molecule has 24 heavy (non-hydrogen) atoms. The number of fused-ring (bicyclic) bond motifs is 1. The molecule has 0 aliphatic heterocycles. The maximum absolute atomic E-state index is 11.8. The first-order valence-electron chi connectivity index (χ1n) is 8.19. The molecule has 7 nitrogen and oxygen atoms in total. The normalized spacial score (nSPS) is 19.3. The molecule has 128 valence electrons. The Balaban J connectivity index is 1.46. The van der Waals surface area contributed by atoms with Crippen molar-refractivity contribution >= 4 is 17.7 Å². The van der Waals surface area contributed by atoms with Gasteiger partial charge in [0.1, 0.15) is 6.61 Å². The van der Waals surface area contributed by atoms with Gasteiger partial charge in [-0.05, 0) is 32.3 Å². The number of hydrogen-bond donors (Lipinski definition) is 1. The van der Waals surface area contributed by atoms with Gasteiger partial charge in [-0.2, -0.15) is 0 Å². The van der Waals surface area contributed by atoms with Crippen LogP contribution in [0.15, 0.2) is 12.3 Å². The van der Waals surface area contributed by atoms with Crippen LogP contribution >= 0.6 is 0 Å².